The van der Waals surface area contributed by atoms with Gasteiger partial charge in [-0.2, -0.15) is 4.37 Å². The number of aryl methyl sites for hydroxylation is 2. The van der Waals surface area contributed by atoms with Gasteiger partial charge in [0.2, 0.25) is 11.0 Å². The van der Waals surface area contributed by atoms with Crippen LogP contribution in [0.4, 0.5) is 5.13 Å². The molecule has 0 radical (unpaired) electrons. The predicted octanol–water partition coefficient (Wildman–Crippen LogP) is 2.44. The quantitative estimate of drug-likeness (QED) is 0.887. The maximum Gasteiger partial charge on any atom is 0.226 e. The van der Waals surface area contributed by atoms with Crippen molar-refractivity contribution in [3.8, 4) is 11.5 Å². The van der Waals surface area contributed by atoms with Gasteiger partial charge in [-0.25, -0.2) is 4.98 Å². The molecule has 7 heteroatoms. The Morgan fingerprint density at radius 2 is 2.05 bits per heavy atom. The number of rotatable bonds is 6. The molecule has 1 N–H and O–H groups in total. The molecule has 0 saturated heterocycles. The van der Waals surface area contributed by atoms with Crippen LogP contribution in [0.25, 0.3) is 0 Å². The van der Waals surface area contributed by atoms with E-state index in [9.17, 15) is 4.79 Å². The van der Waals surface area contributed by atoms with E-state index in [1.807, 2.05) is 18.2 Å². The summed E-state index contributed by atoms with van der Waals surface area (Å²) in [6.45, 7) is 1.79. The summed E-state index contributed by atoms with van der Waals surface area (Å²) in [5.74, 6) is 1.92. The van der Waals surface area contributed by atoms with Crippen molar-refractivity contribution in [2.45, 2.75) is 19.8 Å². The first kappa shape index (κ1) is 15.2. The first-order valence-electron chi connectivity index (χ1n) is 6.43. The van der Waals surface area contributed by atoms with E-state index >= 15 is 0 Å². The highest BCUT2D eigenvalue weighted by Crippen LogP contribution is 2.28. The maximum atomic E-state index is 11.8. The van der Waals surface area contributed by atoms with E-state index in [1.165, 1.54) is 11.5 Å². The van der Waals surface area contributed by atoms with Crippen molar-refractivity contribution in [3.05, 3.63) is 29.6 Å². The number of benzene rings is 1. The van der Waals surface area contributed by atoms with E-state index in [-0.39, 0.29) is 5.91 Å². The molecule has 2 aromatic rings. The fourth-order valence-corrected chi connectivity index (χ4v) is 2.42. The molecule has 0 bridgehead atoms. The van der Waals surface area contributed by atoms with Crippen LogP contribution in [0.2, 0.25) is 0 Å². The Labute approximate surface area is 127 Å². The molecule has 0 aliphatic rings. The summed E-state index contributed by atoms with van der Waals surface area (Å²) in [6.07, 6.45) is 0.984. The van der Waals surface area contributed by atoms with Crippen molar-refractivity contribution in [3.63, 3.8) is 0 Å². The molecular weight excluding hydrogens is 290 g/mol. The molecule has 1 amide bonds. The average Bonchev–Trinajstić information content (AvgIpc) is 2.89. The summed E-state index contributed by atoms with van der Waals surface area (Å²) < 4.78 is 14.4. The largest absolute Gasteiger partial charge is 0.493 e. The average molecular weight is 307 g/mol. The predicted molar refractivity (Wildman–Crippen MR) is 81.1 cm³/mol. The van der Waals surface area contributed by atoms with Crippen LogP contribution in [0.15, 0.2) is 18.2 Å². The van der Waals surface area contributed by atoms with Gasteiger partial charge < -0.3 is 14.8 Å². The van der Waals surface area contributed by atoms with Crippen molar-refractivity contribution in [1.29, 1.82) is 0 Å². The molecule has 1 aromatic heterocycles. The van der Waals surface area contributed by atoms with Crippen LogP contribution in [0.5, 0.6) is 11.5 Å². The molecule has 21 heavy (non-hydrogen) atoms. The number of carbonyl (C=O) groups excluding carboxylic acids is 1. The van der Waals surface area contributed by atoms with Crippen LogP contribution >= 0.6 is 11.5 Å². The van der Waals surface area contributed by atoms with Gasteiger partial charge in [0.15, 0.2) is 11.5 Å². The van der Waals surface area contributed by atoms with Crippen molar-refractivity contribution < 1.29 is 14.3 Å². The normalized spacial score (nSPS) is 10.2. The number of carbonyl (C=O) groups is 1. The SMILES string of the molecule is COc1ccc(CCC(=O)Nc2nc(C)ns2)cc1OC. The molecular formula is C14H17N3O3S. The van der Waals surface area contributed by atoms with E-state index in [4.69, 9.17) is 9.47 Å². The minimum atomic E-state index is -0.0825. The minimum Gasteiger partial charge on any atom is -0.493 e. The second-order valence-corrected chi connectivity index (χ2v) is 5.14. The Morgan fingerprint density at radius 3 is 2.67 bits per heavy atom. The summed E-state index contributed by atoms with van der Waals surface area (Å²) in [7, 11) is 3.18. The second-order valence-electron chi connectivity index (χ2n) is 4.38. The Morgan fingerprint density at radius 1 is 1.29 bits per heavy atom. The van der Waals surface area contributed by atoms with Gasteiger partial charge in [-0.15, -0.1) is 0 Å². The summed E-state index contributed by atoms with van der Waals surface area (Å²) >= 11 is 1.18. The van der Waals surface area contributed by atoms with Gasteiger partial charge in [-0.1, -0.05) is 6.07 Å². The number of nitrogens with one attached hydrogen (secondary N) is 1. The number of amides is 1. The standard InChI is InChI=1S/C14H17N3O3S/c1-9-15-14(21-17-9)16-13(18)7-5-10-4-6-11(19-2)12(8-10)20-3/h4,6,8H,5,7H2,1-3H3,(H,15,16,17,18). The number of hydrogen-bond donors (Lipinski definition) is 1. The van der Waals surface area contributed by atoms with Crippen molar-refractivity contribution in [1.82, 2.24) is 9.36 Å². The summed E-state index contributed by atoms with van der Waals surface area (Å²) in [4.78, 5) is 15.9. The molecule has 0 spiro atoms. The van der Waals surface area contributed by atoms with Crippen LogP contribution in [0, 0.1) is 6.92 Å². The minimum absolute atomic E-state index is 0.0825. The molecule has 6 nitrogen and oxygen atoms in total. The van der Waals surface area contributed by atoms with Gasteiger partial charge in [0, 0.05) is 18.0 Å². The molecule has 1 aromatic carbocycles. The van der Waals surface area contributed by atoms with E-state index < -0.39 is 0 Å². The summed E-state index contributed by atoms with van der Waals surface area (Å²) in [5, 5.41) is 3.27. The Bertz CT molecular complexity index is 628. The van der Waals surface area contributed by atoms with Gasteiger partial charge >= 0.3 is 0 Å². The highest BCUT2D eigenvalue weighted by Gasteiger charge is 2.09. The zero-order chi connectivity index (χ0) is 15.2. The Balaban J connectivity index is 1.91. The number of ether oxygens (including phenoxy) is 2. The third-order valence-corrected chi connectivity index (χ3v) is 3.58. The fourth-order valence-electron chi connectivity index (χ4n) is 1.82. The summed E-state index contributed by atoms with van der Waals surface area (Å²) in [5.41, 5.74) is 1.01. The monoisotopic (exact) mass is 307 g/mol. The van der Waals surface area contributed by atoms with Crippen LogP contribution in [-0.4, -0.2) is 29.5 Å². The zero-order valence-corrected chi connectivity index (χ0v) is 13.0. The number of hydrogen-bond acceptors (Lipinski definition) is 6. The van der Waals surface area contributed by atoms with E-state index in [1.54, 1.807) is 21.1 Å². The maximum absolute atomic E-state index is 11.8. The van der Waals surface area contributed by atoms with E-state index in [0.717, 1.165) is 5.56 Å². The molecule has 112 valence electrons. The highest BCUT2D eigenvalue weighted by atomic mass is 32.1. The number of nitrogens with zero attached hydrogens (tertiary/aromatic N) is 2. The van der Waals surface area contributed by atoms with E-state index in [0.29, 0.717) is 35.3 Å². The second kappa shape index (κ2) is 7.03. The summed E-state index contributed by atoms with van der Waals surface area (Å²) in [6, 6.07) is 5.63. The lowest BCUT2D eigenvalue weighted by Gasteiger charge is -2.09. The molecule has 2 rings (SSSR count). The van der Waals surface area contributed by atoms with E-state index in [2.05, 4.69) is 14.7 Å². The fraction of sp³-hybridized carbons (Fsp3) is 0.357. The molecule has 0 aliphatic heterocycles. The third kappa shape index (κ3) is 4.16. The lowest BCUT2D eigenvalue weighted by atomic mass is 10.1. The van der Waals surface area contributed by atoms with Crippen LogP contribution < -0.4 is 14.8 Å². The number of anilines is 1. The van der Waals surface area contributed by atoms with Gasteiger partial charge in [0.05, 0.1) is 14.2 Å². The number of methoxy groups -OCH3 is 2. The first-order valence-corrected chi connectivity index (χ1v) is 7.20. The first-order chi connectivity index (χ1) is 10.1. The van der Waals surface area contributed by atoms with Crippen LogP contribution in [0.3, 0.4) is 0 Å². The molecule has 0 saturated carbocycles. The molecule has 0 aliphatic carbocycles. The van der Waals surface area contributed by atoms with Gasteiger partial charge in [-0.05, 0) is 31.0 Å². The highest BCUT2D eigenvalue weighted by molar-refractivity contribution is 7.09. The third-order valence-electron chi connectivity index (χ3n) is 2.86. The smallest absolute Gasteiger partial charge is 0.226 e. The van der Waals surface area contributed by atoms with Crippen molar-refractivity contribution in [2.75, 3.05) is 19.5 Å². The van der Waals surface area contributed by atoms with Crippen LogP contribution in [-0.2, 0) is 11.2 Å². The van der Waals surface area contributed by atoms with Gasteiger partial charge in [-0.3, -0.25) is 4.79 Å². The Hall–Kier alpha value is -2.15. The lowest BCUT2D eigenvalue weighted by Crippen LogP contribution is -2.12. The van der Waals surface area contributed by atoms with Crippen LogP contribution in [0.1, 0.15) is 17.8 Å². The molecule has 0 unspecified atom stereocenters. The van der Waals surface area contributed by atoms with Gasteiger partial charge in [0.25, 0.3) is 0 Å². The van der Waals surface area contributed by atoms with Gasteiger partial charge in [0.1, 0.15) is 5.82 Å². The molecule has 0 atom stereocenters. The van der Waals surface area contributed by atoms with Crippen molar-refractivity contribution in [2.24, 2.45) is 0 Å². The van der Waals surface area contributed by atoms with Crippen molar-refractivity contribution >= 4 is 22.6 Å². The number of aromatic nitrogens is 2. The molecule has 1 heterocycles. The topological polar surface area (TPSA) is 73.3 Å². The Kier molecular flexibility index (Phi) is 5.10. The zero-order valence-electron chi connectivity index (χ0n) is 12.2. The lowest BCUT2D eigenvalue weighted by molar-refractivity contribution is -0.116. The molecule has 0 fully saturated rings.